The lowest BCUT2D eigenvalue weighted by molar-refractivity contribution is -0.870. The predicted molar refractivity (Wildman–Crippen MR) is 253 cm³/mol. The summed E-state index contributed by atoms with van der Waals surface area (Å²) in [6, 6.07) is 0. The van der Waals surface area contributed by atoms with Crippen LogP contribution in [-0.4, -0.2) is 86.1 Å². The molecule has 0 amide bonds. The maximum absolute atomic E-state index is 12.7. The predicted octanol–water partition coefficient (Wildman–Crippen LogP) is 11.9. The van der Waals surface area contributed by atoms with Crippen LogP contribution in [0.1, 0.15) is 123 Å². The number of aliphatic hydroxyl groups is 1. The van der Waals surface area contributed by atoms with Gasteiger partial charge in [0.2, 0.25) is 0 Å². The summed E-state index contributed by atoms with van der Waals surface area (Å²) in [5.41, 5.74) is 0. The molecule has 0 bridgehead atoms. The lowest BCUT2D eigenvalue weighted by atomic mass is 10.2. The molecule has 61 heavy (non-hydrogen) atoms. The van der Waals surface area contributed by atoms with Gasteiger partial charge in [0.1, 0.15) is 19.8 Å². The van der Waals surface area contributed by atoms with Crippen LogP contribution in [0.15, 0.2) is 122 Å². The molecule has 0 spiro atoms. The second kappa shape index (κ2) is 40.4. The lowest BCUT2D eigenvalue weighted by Gasteiger charge is -2.24. The van der Waals surface area contributed by atoms with E-state index in [1.165, 1.54) is 25.7 Å². The summed E-state index contributed by atoms with van der Waals surface area (Å²) in [4.78, 5) is 35.3. The normalized spacial score (nSPS) is 15.2. The van der Waals surface area contributed by atoms with Gasteiger partial charge in [-0.25, -0.2) is 4.57 Å². The van der Waals surface area contributed by atoms with Gasteiger partial charge < -0.3 is 24.0 Å². The van der Waals surface area contributed by atoms with Gasteiger partial charge in [0.25, 0.3) is 0 Å². The molecule has 3 atom stereocenters. The van der Waals surface area contributed by atoms with Gasteiger partial charge in [-0.05, 0) is 83.5 Å². The van der Waals surface area contributed by atoms with Crippen LogP contribution in [-0.2, 0) is 32.7 Å². The highest BCUT2D eigenvalue weighted by atomic mass is 31.2. The Morgan fingerprint density at radius 3 is 1.59 bits per heavy atom. The van der Waals surface area contributed by atoms with Crippen molar-refractivity contribution >= 4 is 19.8 Å². The lowest BCUT2D eigenvalue weighted by Crippen LogP contribution is -2.37. The molecule has 10 nitrogen and oxygen atoms in total. The number of nitrogens with zero attached hydrogens (tertiary/aromatic N) is 1. The standard InChI is InChI=1S/C50H80NO9P/c1-6-8-9-10-11-12-13-14-15-16-17-18-19-24-27-30-33-36-39-42-50(54)60-48(46-59-61(55,56)58-44-43-51(3,4)5)45-57-49(53)41-38-35-32-29-26-23-21-20-22-25-28-31-34-37-40-47(52)7-2/h11-12,14-15,17-18,21-25,27,29,31-34,36-37,40,47-48,52H,6-10,13,16,19-20,26,28,30,35,38-39,41-46H2,1-5H3/p+1/b12-11-,15-14-,18-17-,23-21-,25-22-,27-24-,32-29-,34-31-,36-33-,40-37+/t47-,48+/m0/s1. The summed E-state index contributed by atoms with van der Waals surface area (Å²) < 4.78 is 34.1. The van der Waals surface area contributed by atoms with Crippen LogP contribution in [0.25, 0.3) is 0 Å². The van der Waals surface area contributed by atoms with Crippen molar-refractivity contribution in [1.29, 1.82) is 0 Å². The van der Waals surface area contributed by atoms with Crippen LogP contribution in [0, 0.1) is 0 Å². The summed E-state index contributed by atoms with van der Waals surface area (Å²) in [6.07, 6.45) is 53.7. The van der Waals surface area contributed by atoms with Crippen molar-refractivity contribution in [3.05, 3.63) is 122 Å². The Morgan fingerprint density at radius 1 is 0.590 bits per heavy atom. The first-order valence-electron chi connectivity index (χ1n) is 22.4. The number of esters is 2. The third-order valence-corrected chi connectivity index (χ3v) is 9.63. The van der Waals surface area contributed by atoms with Gasteiger partial charge in [-0.15, -0.1) is 0 Å². The molecule has 0 aliphatic rings. The van der Waals surface area contributed by atoms with Gasteiger partial charge in [0.05, 0.1) is 33.9 Å². The minimum atomic E-state index is -4.43. The van der Waals surface area contributed by atoms with Crippen LogP contribution >= 0.6 is 7.82 Å². The van der Waals surface area contributed by atoms with Gasteiger partial charge in [-0.3, -0.25) is 18.6 Å². The molecule has 344 valence electrons. The molecule has 0 fully saturated rings. The molecule has 0 aliphatic carbocycles. The average Bonchev–Trinajstić information content (AvgIpc) is 3.21. The van der Waals surface area contributed by atoms with Crippen LogP contribution in [0.3, 0.4) is 0 Å². The van der Waals surface area contributed by atoms with Crippen molar-refractivity contribution in [2.45, 2.75) is 135 Å². The zero-order valence-corrected chi connectivity index (χ0v) is 39.1. The SMILES string of the molecule is CCCCC/C=C\C/C=C\C/C=C\C/C=C\C/C=C\CCC(=O)O[C@H](COC(=O)CCC/C=C\C/C=C\C/C=C\C/C=C\C=C\[C@@H](O)CC)COP(=O)(O)OCC[N+](C)(C)C. The van der Waals surface area contributed by atoms with E-state index in [0.29, 0.717) is 36.7 Å². The first-order valence-corrected chi connectivity index (χ1v) is 23.9. The molecule has 11 heteroatoms. The summed E-state index contributed by atoms with van der Waals surface area (Å²) in [5.74, 6) is -0.997. The molecule has 0 saturated heterocycles. The van der Waals surface area contributed by atoms with Gasteiger partial charge in [-0.2, -0.15) is 0 Å². The van der Waals surface area contributed by atoms with Crippen LogP contribution in [0.2, 0.25) is 0 Å². The molecule has 0 aromatic rings. The highest BCUT2D eigenvalue weighted by molar-refractivity contribution is 7.47. The van der Waals surface area contributed by atoms with Crippen molar-refractivity contribution in [2.24, 2.45) is 0 Å². The first kappa shape index (κ1) is 57.4. The Kier molecular flexibility index (Phi) is 38.0. The molecule has 2 N–H and O–H groups in total. The number of carbonyl (C=O) groups excluding carboxylic acids is 2. The molecule has 0 radical (unpaired) electrons. The van der Waals surface area contributed by atoms with E-state index in [0.717, 1.165) is 44.9 Å². The van der Waals surface area contributed by atoms with E-state index < -0.39 is 32.5 Å². The number of phosphoric acid groups is 1. The van der Waals surface area contributed by atoms with Gasteiger partial charge in [-0.1, -0.05) is 148 Å². The van der Waals surface area contributed by atoms with Crippen LogP contribution < -0.4 is 0 Å². The van der Waals surface area contributed by atoms with Crippen molar-refractivity contribution in [3.8, 4) is 0 Å². The summed E-state index contributed by atoms with van der Waals surface area (Å²) in [6.45, 7) is 3.86. The van der Waals surface area contributed by atoms with E-state index in [4.69, 9.17) is 18.5 Å². The molecule has 1 unspecified atom stereocenters. The number of hydrogen-bond acceptors (Lipinski definition) is 8. The van der Waals surface area contributed by atoms with E-state index in [-0.39, 0.29) is 32.2 Å². The zero-order valence-electron chi connectivity index (χ0n) is 38.2. The first-order chi connectivity index (χ1) is 29.4. The van der Waals surface area contributed by atoms with Crippen molar-refractivity contribution < 1.29 is 47.2 Å². The Labute approximate surface area is 370 Å². The van der Waals surface area contributed by atoms with Crippen LogP contribution in [0.4, 0.5) is 0 Å². The van der Waals surface area contributed by atoms with E-state index in [1.807, 2.05) is 64.5 Å². The molecular formula is C50H81NO9P+. The number of hydrogen-bond donors (Lipinski definition) is 2. The highest BCUT2D eigenvalue weighted by Gasteiger charge is 2.27. The fourth-order valence-corrected chi connectivity index (χ4v) is 5.72. The Balaban J connectivity index is 4.62. The average molecular weight is 871 g/mol. The monoisotopic (exact) mass is 871 g/mol. The fraction of sp³-hybridized carbons (Fsp3) is 0.560. The summed E-state index contributed by atoms with van der Waals surface area (Å²) in [5, 5.41) is 9.48. The molecule has 0 heterocycles. The van der Waals surface area contributed by atoms with E-state index >= 15 is 0 Å². The maximum atomic E-state index is 12.7. The third-order valence-electron chi connectivity index (χ3n) is 8.65. The number of allylic oxidation sites excluding steroid dienone is 19. The number of quaternary nitrogens is 1. The third kappa shape index (κ3) is 44.2. The van der Waals surface area contributed by atoms with Gasteiger partial charge in [0.15, 0.2) is 6.10 Å². The molecule has 0 rings (SSSR count). The second-order valence-corrected chi connectivity index (χ2v) is 17.0. The maximum Gasteiger partial charge on any atom is 0.472 e. The minimum Gasteiger partial charge on any atom is -0.462 e. The van der Waals surface area contributed by atoms with Crippen molar-refractivity contribution in [3.63, 3.8) is 0 Å². The van der Waals surface area contributed by atoms with Gasteiger partial charge in [0, 0.05) is 12.8 Å². The molecule has 0 aromatic heterocycles. The highest BCUT2D eigenvalue weighted by Crippen LogP contribution is 2.43. The Morgan fingerprint density at radius 2 is 1.08 bits per heavy atom. The zero-order chi connectivity index (χ0) is 45.1. The number of likely N-dealkylation sites (N-methyl/N-ethyl adjacent to an activating group) is 1. The van der Waals surface area contributed by atoms with E-state index in [9.17, 15) is 24.2 Å². The van der Waals surface area contributed by atoms with Crippen LogP contribution in [0.5, 0.6) is 0 Å². The van der Waals surface area contributed by atoms with Gasteiger partial charge >= 0.3 is 19.8 Å². The molecule has 0 saturated carbocycles. The fourth-order valence-electron chi connectivity index (χ4n) is 4.98. The number of ether oxygens (including phenoxy) is 2. The number of phosphoric ester groups is 1. The van der Waals surface area contributed by atoms with Crippen molar-refractivity contribution in [2.75, 3.05) is 47.5 Å². The molecule has 0 aliphatic heterocycles. The smallest absolute Gasteiger partial charge is 0.462 e. The topological polar surface area (TPSA) is 129 Å². The quantitative estimate of drug-likeness (QED) is 0.0156. The Hall–Kier alpha value is -3.63. The summed E-state index contributed by atoms with van der Waals surface area (Å²) in [7, 11) is 1.36. The molecule has 0 aromatic carbocycles. The van der Waals surface area contributed by atoms with E-state index in [2.05, 4.69) is 85.9 Å². The summed E-state index contributed by atoms with van der Waals surface area (Å²) >= 11 is 0. The molecular weight excluding hydrogens is 790 g/mol. The Bertz CT molecular complexity index is 1460. The van der Waals surface area contributed by atoms with E-state index in [1.54, 1.807) is 6.08 Å². The minimum absolute atomic E-state index is 0.00407. The second-order valence-electron chi connectivity index (χ2n) is 15.5. The number of aliphatic hydroxyl groups excluding tert-OH is 1. The number of carbonyl (C=O) groups is 2. The number of rotatable bonds is 38. The number of unbranched alkanes of at least 4 members (excludes halogenated alkanes) is 4. The largest absolute Gasteiger partial charge is 0.472 e. The van der Waals surface area contributed by atoms with Crippen molar-refractivity contribution in [1.82, 2.24) is 0 Å².